The summed E-state index contributed by atoms with van der Waals surface area (Å²) in [6.45, 7) is 2.85. The third kappa shape index (κ3) is 2.09. The predicted molar refractivity (Wildman–Crippen MR) is 62.7 cm³/mol. The Morgan fingerprint density at radius 2 is 2.38 bits per heavy atom. The number of benzene rings is 1. The fourth-order valence-electron chi connectivity index (χ4n) is 2.23. The second-order valence-electron chi connectivity index (χ2n) is 4.20. The Morgan fingerprint density at radius 3 is 3.00 bits per heavy atom. The molecule has 1 saturated heterocycles. The van der Waals surface area contributed by atoms with Gasteiger partial charge in [-0.2, -0.15) is 0 Å². The molecule has 0 spiro atoms. The summed E-state index contributed by atoms with van der Waals surface area (Å²) < 4.78 is 0. The number of phenolic OH excluding ortho intramolecular Hbond substituents is 1. The first-order valence-electron chi connectivity index (χ1n) is 5.82. The van der Waals surface area contributed by atoms with Crippen LogP contribution in [0.25, 0.3) is 0 Å². The fraction of sp³-hybridized carbons (Fsp3) is 0.462. The Hall–Kier alpha value is -1.35. The van der Waals surface area contributed by atoms with Crippen molar-refractivity contribution in [2.24, 2.45) is 0 Å². The summed E-state index contributed by atoms with van der Waals surface area (Å²) in [4.78, 5) is 11.8. The second-order valence-corrected chi connectivity index (χ2v) is 4.20. The molecule has 1 aromatic carbocycles. The van der Waals surface area contributed by atoms with E-state index in [4.69, 9.17) is 0 Å². The molecule has 0 saturated carbocycles. The van der Waals surface area contributed by atoms with E-state index in [0.29, 0.717) is 6.42 Å². The molecule has 86 valence electrons. The van der Waals surface area contributed by atoms with E-state index in [9.17, 15) is 9.90 Å². The van der Waals surface area contributed by atoms with E-state index in [1.54, 1.807) is 18.2 Å². The van der Waals surface area contributed by atoms with Crippen LogP contribution in [0.5, 0.6) is 5.75 Å². The molecule has 0 radical (unpaired) electrons. The molecule has 1 atom stereocenters. The summed E-state index contributed by atoms with van der Waals surface area (Å²) in [6, 6.07) is 5.25. The normalized spacial score (nSPS) is 19.9. The number of carbonyl (C=O) groups is 1. The average Bonchev–Trinajstić information content (AvgIpc) is 2.81. The van der Waals surface area contributed by atoms with Crippen LogP contribution < -0.4 is 5.32 Å². The Bertz CT molecular complexity index is 395. The van der Waals surface area contributed by atoms with Gasteiger partial charge in [0.1, 0.15) is 5.75 Å². The zero-order chi connectivity index (χ0) is 11.5. The maximum atomic E-state index is 11.8. The van der Waals surface area contributed by atoms with Crippen molar-refractivity contribution in [3.63, 3.8) is 0 Å². The van der Waals surface area contributed by atoms with Gasteiger partial charge in [0, 0.05) is 18.0 Å². The molecule has 1 unspecified atom stereocenters. The van der Waals surface area contributed by atoms with Gasteiger partial charge in [-0.1, -0.05) is 6.92 Å². The van der Waals surface area contributed by atoms with E-state index in [2.05, 4.69) is 5.32 Å². The van der Waals surface area contributed by atoms with E-state index >= 15 is 0 Å². The first-order chi connectivity index (χ1) is 7.72. The molecule has 1 aromatic rings. The van der Waals surface area contributed by atoms with E-state index in [0.717, 1.165) is 30.5 Å². The van der Waals surface area contributed by atoms with E-state index < -0.39 is 0 Å². The molecule has 1 aliphatic heterocycles. The molecule has 3 nitrogen and oxygen atoms in total. The number of carbonyl (C=O) groups excluding carboxylic acids is 1. The summed E-state index contributed by atoms with van der Waals surface area (Å²) in [5.41, 5.74) is 1.70. The van der Waals surface area contributed by atoms with Crippen molar-refractivity contribution in [1.29, 1.82) is 0 Å². The molecule has 1 aliphatic rings. The molecule has 2 rings (SSSR count). The lowest BCUT2D eigenvalue weighted by molar-refractivity contribution is 0.0986. The molecule has 0 aliphatic carbocycles. The molecular formula is C13H17NO2. The molecule has 0 bridgehead atoms. The summed E-state index contributed by atoms with van der Waals surface area (Å²) in [7, 11) is 0. The van der Waals surface area contributed by atoms with Crippen molar-refractivity contribution in [2.75, 3.05) is 6.54 Å². The zero-order valence-corrected chi connectivity index (χ0v) is 9.49. The van der Waals surface area contributed by atoms with Crippen molar-refractivity contribution in [3.8, 4) is 5.75 Å². The van der Waals surface area contributed by atoms with Crippen LogP contribution in [-0.2, 0) is 0 Å². The number of nitrogens with one attached hydrogen (secondary N) is 1. The maximum Gasteiger partial charge on any atom is 0.162 e. The highest BCUT2D eigenvalue weighted by atomic mass is 16.3. The highest BCUT2D eigenvalue weighted by Crippen LogP contribution is 2.29. The average molecular weight is 219 g/mol. The Balaban J connectivity index is 2.39. The second kappa shape index (κ2) is 4.66. The maximum absolute atomic E-state index is 11.8. The number of ketones is 1. The van der Waals surface area contributed by atoms with Crippen molar-refractivity contribution >= 4 is 5.78 Å². The Kier molecular flexibility index (Phi) is 3.25. The smallest absolute Gasteiger partial charge is 0.162 e. The van der Waals surface area contributed by atoms with Crippen LogP contribution in [0.1, 0.15) is 48.1 Å². The van der Waals surface area contributed by atoms with Crippen LogP contribution in [0, 0.1) is 0 Å². The summed E-state index contributed by atoms with van der Waals surface area (Å²) in [5.74, 6) is 0.375. The van der Waals surface area contributed by atoms with E-state index in [1.807, 2.05) is 6.92 Å². The van der Waals surface area contributed by atoms with Gasteiger partial charge in [0.2, 0.25) is 0 Å². The minimum atomic E-state index is 0.142. The predicted octanol–water partition coefficient (Wildman–Crippen LogP) is 2.41. The molecule has 2 N–H and O–H groups in total. The van der Waals surface area contributed by atoms with Gasteiger partial charge in [-0.05, 0) is 43.1 Å². The number of hydrogen-bond donors (Lipinski definition) is 2. The quantitative estimate of drug-likeness (QED) is 0.767. The first kappa shape index (κ1) is 11.1. The summed E-state index contributed by atoms with van der Waals surface area (Å²) >= 11 is 0. The lowest BCUT2D eigenvalue weighted by Gasteiger charge is -2.15. The molecular weight excluding hydrogens is 202 g/mol. The van der Waals surface area contributed by atoms with Gasteiger partial charge in [0.15, 0.2) is 5.78 Å². The minimum Gasteiger partial charge on any atom is -0.508 e. The third-order valence-corrected chi connectivity index (χ3v) is 3.09. The largest absolute Gasteiger partial charge is 0.508 e. The lowest BCUT2D eigenvalue weighted by atomic mass is 9.95. The number of aromatic hydroxyl groups is 1. The number of Topliss-reactive ketones (excluding diaryl/α,β-unsaturated/α-hetero) is 1. The van der Waals surface area contributed by atoms with Crippen molar-refractivity contribution in [2.45, 2.75) is 32.2 Å². The van der Waals surface area contributed by atoms with E-state index in [1.165, 1.54) is 0 Å². The highest BCUT2D eigenvalue weighted by Gasteiger charge is 2.21. The van der Waals surface area contributed by atoms with Crippen LogP contribution in [0.2, 0.25) is 0 Å². The zero-order valence-electron chi connectivity index (χ0n) is 9.49. The van der Waals surface area contributed by atoms with Crippen LogP contribution in [-0.4, -0.2) is 17.4 Å². The van der Waals surface area contributed by atoms with Crippen molar-refractivity contribution in [3.05, 3.63) is 29.3 Å². The third-order valence-electron chi connectivity index (χ3n) is 3.09. The van der Waals surface area contributed by atoms with Crippen LogP contribution in [0.3, 0.4) is 0 Å². The van der Waals surface area contributed by atoms with Gasteiger partial charge in [0.25, 0.3) is 0 Å². The van der Waals surface area contributed by atoms with Gasteiger partial charge in [0.05, 0.1) is 0 Å². The van der Waals surface area contributed by atoms with Crippen molar-refractivity contribution < 1.29 is 9.90 Å². The summed E-state index contributed by atoms with van der Waals surface area (Å²) in [5, 5.41) is 12.9. The lowest BCUT2D eigenvalue weighted by Crippen LogP contribution is -2.16. The fourth-order valence-corrected chi connectivity index (χ4v) is 2.23. The SMILES string of the molecule is CCC(=O)c1ccc(O)cc1C1CCCN1. The van der Waals surface area contributed by atoms with Gasteiger partial charge < -0.3 is 10.4 Å². The van der Waals surface area contributed by atoms with Crippen LogP contribution in [0.15, 0.2) is 18.2 Å². The Morgan fingerprint density at radius 1 is 1.56 bits per heavy atom. The first-order valence-corrected chi connectivity index (χ1v) is 5.82. The summed E-state index contributed by atoms with van der Waals surface area (Å²) in [6.07, 6.45) is 2.66. The van der Waals surface area contributed by atoms with E-state index in [-0.39, 0.29) is 17.6 Å². The van der Waals surface area contributed by atoms with Gasteiger partial charge in [-0.15, -0.1) is 0 Å². The number of hydrogen-bond acceptors (Lipinski definition) is 3. The minimum absolute atomic E-state index is 0.142. The highest BCUT2D eigenvalue weighted by molar-refractivity contribution is 5.97. The van der Waals surface area contributed by atoms with Gasteiger partial charge in [-0.3, -0.25) is 4.79 Å². The molecule has 0 amide bonds. The van der Waals surface area contributed by atoms with Gasteiger partial charge in [-0.25, -0.2) is 0 Å². The molecule has 0 aromatic heterocycles. The molecule has 16 heavy (non-hydrogen) atoms. The van der Waals surface area contributed by atoms with Crippen molar-refractivity contribution in [1.82, 2.24) is 5.32 Å². The Labute approximate surface area is 95.5 Å². The topological polar surface area (TPSA) is 49.3 Å². The number of rotatable bonds is 3. The molecule has 1 fully saturated rings. The standard InChI is InChI=1S/C13H17NO2/c1-2-13(16)10-6-5-9(15)8-11(10)12-4-3-7-14-12/h5-6,8,12,14-15H,2-4,7H2,1H3. The number of phenols is 1. The van der Waals surface area contributed by atoms with Crippen LogP contribution in [0.4, 0.5) is 0 Å². The van der Waals surface area contributed by atoms with Crippen LogP contribution >= 0.6 is 0 Å². The molecule has 3 heteroatoms. The van der Waals surface area contributed by atoms with Gasteiger partial charge >= 0.3 is 0 Å². The monoisotopic (exact) mass is 219 g/mol. The molecule has 1 heterocycles.